The van der Waals surface area contributed by atoms with Gasteiger partial charge in [0.05, 0.1) is 6.61 Å². The Morgan fingerprint density at radius 1 is 1.45 bits per heavy atom. The molecule has 0 rings (SSSR count). The molecule has 0 saturated heterocycles. The number of aliphatic hydroxyl groups is 1. The van der Waals surface area contributed by atoms with E-state index in [4.69, 9.17) is 9.84 Å². The van der Waals surface area contributed by atoms with Crippen LogP contribution in [0.4, 0.5) is 0 Å². The van der Waals surface area contributed by atoms with E-state index in [0.29, 0.717) is 5.92 Å². The van der Waals surface area contributed by atoms with Crippen molar-refractivity contribution in [1.82, 2.24) is 0 Å². The Morgan fingerprint density at radius 2 is 2.18 bits per heavy atom. The van der Waals surface area contributed by atoms with E-state index in [2.05, 4.69) is 13.8 Å². The number of hydrogen-bond donors (Lipinski definition) is 1. The predicted octanol–water partition coefficient (Wildman–Crippen LogP) is 2.86. The van der Waals surface area contributed by atoms with Crippen LogP contribution in [0.3, 0.4) is 0 Å². The van der Waals surface area contributed by atoms with E-state index in [0.717, 1.165) is 19.3 Å². The second-order valence-corrected chi connectivity index (χ2v) is 2.68. The Balaban J connectivity index is 3.35. The molecule has 0 radical (unpaired) electrons. The zero-order valence-electron chi connectivity index (χ0n) is 7.42. The maximum Gasteiger partial charge on any atom is 0.117 e. The molecule has 0 aromatic carbocycles. The first-order valence-electron chi connectivity index (χ1n) is 4.25. The van der Waals surface area contributed by atoms with Crippen molar-refractivity contribution in [3.05, 3.63) is 12.5 Å². The molecule has 0 aromatic rings. The quantitative estimate of drug-likeness (QED) is 0.602. The van der Waals surface area contributed by atoms with Gasteiger partial charge < -0.3 is 9.84 Å². The summed E-state index contributed by atoms with van der Waals surface area (Å²) in [5.74, 6) is 0.635. The zero-order chi connectivity index (χ0) is 8.53. The van der Waals surface area contributed by atoms with Crippen molar-refractivity contribution in [3.63, 3.8) is 0 Å². The van der Waals surface area contributed by atoms with Gasteiger partial charge in [-0.1, -0.05) is 26.7 Å². The highest BCUT2D eigenvalue weighted by Crippen LogP contribution is 2.10. The normalized spacial score (nSPS) is 13.6. The van der Waals surface area contributed by atoms with Crippen LogP contribution < -0.4 is 0 Å². The van der Waals surface area contributed by atoms with Crippen LogP contribution >= 0.6 is 0 Å². The summed E-state index contributed by atoms with van der Waals surface area (Å²) in [5, 5.41) is 8.28. The van der Waals surface area contributed by atoms with Gasteiger partial charge in [0.25, 0.3) is 0 Å². The van der Waals surface area contributed by atoms with Crippen molar-refractivity contribution >= 4 is 0 Å². The van der Waals surface area contributed by atoms with Gasteiger partial charge in [0.2, 0.25) is 0 Å². The molecular formula is C9H18O2. The number of ether oxygens (including phenoxy) is 1. The Kier molecular flexibility index (Phi) is 7.00. The fourth-order valence-corrected chi connectivity index (χ4v) is 1.05. The Hall–Kier alpha value is -0.660. The third-order valence-electron chi connectivity index (χ3n) is 1.76. The molecule has 0 aliphatic rings. The minimum Gasteiger partial charge on any atom is -0.512 e. The topological polar surface area (TPSA) is 29.5 Å². The fraction of sp³-hybridized carbons (Fsp3) is 0.778. The highest BCUT2D eigenvalue weighted by Gasteiger charge is 2.03. The molecule has 0 aliphatic carbocycles. The zero-order valence-corrected chi connectivity index (χ0v) is 7.42. The van der Waals surface area contributed by atoms with Crippen molar-refractivity contribution < 1.29 is 9.84 Å². The smallest absolute Gasteiger partial charge is 0.117 e. The minimum absolute atomic E-state index is 0.635. The van der Waals surface area contributed by atoms with Gasteiger partial charge in [0, 0.05) is 0 Å². The second-order valence-electron chi connectivity index (χ2n) is 2.68. The first-order valence-corrected chi connectivity index (χ1v) is 4.25. The minimum atomic E-state index is 0.635. The molecule has 0 amide bonds. The molecule has 0 spiro atoms. The molecule has 1 atom stereocenters. The van der Waals surface area contributed by atoms with Crippen LogP contribution in [0.1, 0.15) is 33.1 Å². The molecule has 0 heterocycles. The molecule has 11 heavy (non-hydrogen) atoms. The molecule has 0 unspecified atom stereocenters. The average molecular weight is 158 g/mol. The summed E-state index contributed by atoms with van der Waals surface area (Å²) in [6.07, 6.45) is 5.81. The van der Waals surface area contributed by atoms with Crippen LogP contribution in [0, 0.1) is 5.92 Å². The van der Waals surface area contributed by atoms with E-state index in [1.54, 1.807) is 0 Å². The molecule has 0 aliphatic heterocycles. The van der Waals surface area contributed by atoms with Gasteiger partial charge in [-0.15, -0.1) is 0 Å². The lowest BCUT2D eigenvalue weighted by Gasteiger charge is -2.11. The lowest BCUT2D eigenvalue weighted by Crippen LogP contribution is -2.05. The van der Waals surface area contributed by atoms with Crippen molar-refractivity contribution in [3.8, 4) is 0 Å². The standard InChI is InChI=1S/C9H18O2/c1-3-5-9(4-2)8-11-7-6-10/h6-7,9-10H,3-5,8H2,1-2H3/t9-/m1/s1. The molecule has 2 nitrogen and oxygen atoms in total. The highest BCUT2D eigenvalue weighted by molar-refractivity contribution is 4.61. The first-order chi connectivity index (χ1) is 5.35. The van der Waals surface area contributed by atoms with Gasteiger partial charge in [0.15, 0.2) is 0 Å². The van der Waals surface area contributed by atoms with Crippen molar-refractivity contribution in [2.75, 3.05) is 6.61 Å². The van der Waals surface area contributed by atoms with E-state index < -0.39 is 0 Å². The van der Waals surface area contributed by atoms with E-state index >= 15 is 0 Å². The summed E-state index contributed by atoms with van der Waals surface area (Å²) in [6.45, 7) is 5.05. The predicted molar refractivity (Wildman–Crippen MR) is 46.4 cm³/mol. The molecule has 0 bridgehead atoms. The van der Waals surface area contributed by atoms with Crippen LogP contribution in [0.5, 0.6) is 0 Å². The van der Waals surface area contributed by atoms with Crippen molar-refractivity contribution in [1.29, 1.82) is 0 Å². The van der Waals surface area contributed by atoms with Gasteiger partial charge >= 0.3 is 0 Å². The highest BCUT2D eigenvalue weighted by atomic mass is 16.5. The Bertz CT molecular complexity index is 99.7. The number of hydrogen-bond acceptors (Lipinski definition) is 2. The number of rotatable bonds is 6. The molecule has 0 aromatic heterocycles. The SMILES string of the molecule is CCC[C@@H](CC)COC=CO. The van der Waals surface area contributed by atoms with E-state index in [1.165, 1.54) is 19.1 Å². The summed E-state index contributed by atoms with van der Waals surface area (Å²) >= 11 is 0. The molecule has 0 saturated carbocycles. The molecule has 66 valence electrons. The maximum atomic E-state index is 8.28. The van der Waals surface area contributed by atoms with Gasteiger partial charge in [-0.05, 0) is 12.3 Å². The first kappa shape index (κ1) is 10.3. The lowest BCUT2D eigenvalue weighted by molar-refractivity contribution is 0.178. The molecule has 0 fully saturated rings. The summed E-state index contributed by atoms with van der Waals surface area (Å²) in [4.78, 5) is 0. The Morgan fingerprint density at radius 3 is 2.64 bits per heavy atom. The average Bonchev–Trinajstić information content (AvgIpc) is 2.03. The summed E-state index contributed by atoms with van der Waals surface area (Å²) in [7, 11) is 0. The van der Waals surface area contributed by atoms with Gasteiger partial charge in [-0.2, -0.15) is 0 Å². The lowest BCUT2D eigenvalue weighted by atomic mass is 10.0. The third kappa shape index (κ3) is 5.77. The van der Waals surface area contributed by atoms with Crippen LogP contribution in [0.25, 0.3) is 0 Å². The Labute approximate surface area is 68.9 Å². The fourth-order valence-electron chi connectivity index (χ4n) is 1.05. The van der Waals surface area contributed by atoms with Crippen LogP contribution in [0.15, 0.2) is 12.5 Å². The van der Waals surface area contributed by atoms with E-state index in [-0.39, 0.29) is 0 Å². The molecular weight excluding hydrogens is 140 g/mol. The van der Waals surface area contributed by atoms with Gasteiger partial charge in [0.1, 0.15) is 12.5 Å². The van der Waals surface area contributed by atoms with Crippen molar-refractivity contribution in [2.24, 2.45) is 5.92 Å². The molecule has 2 heteroatoms. The summed E-state index contributed by atoms with van der Waals surface area (Å²) < 4.78 is 5.06. The monoisotopic (exact) mass is 158 g/mol. The van der Waals surface area contributed by atoms with Gasteiger partial charge in [-0.3, -0.25) is 0 Å². The third-order valence-corrected chi connectivity index (χ3v) is 1.76. The summed E-state index contributed by atoms with van der Waals surface area (Å²) in [5.41, 5.74) is 0. The van der Waals surface area contributed by atoms with Crippen LogP contribution in [0.2, 0.25) is 0 Å². The summed E-state index contributed by atoms with van der Waals surface area (Å²) in [6, 6.07) is 0. The van der Waals surface area contributed by atoms with Crippen molar-refractivity contribution in [2.45, 2.75) is 33.1 Å². The van der Waals surface area contributed by atoms with Crippen LogP contribution in [-0.2, 0) is 4.74 Å². The van der Waals surface area contributed by atoms with E-state index in [9.17, 15) is 0 Å². The molecule has 1 N–H and O–H groups in total. The largest absolute Gasteiger partial charge is 0.512 e. The maximum absolute atomic E-state index is 8.28. The number of aliphatic hydroxyl groups excluding tert-OH is 1. The van der Waals surface area contributed by atoms with Crippen LogP contribution in [-0.4, -0.2) is 11.7 Å². The second kappa shape index (κ2) is 7.45. The van der Waals surface area contributed by atoms with Gasteiger partial charge in [-0.25, -0.2) is 0 Å². The van der Waals surface area contributed by atoms with E-state index in [1.807, 2.05) is 0 Å².